The molecule has 1 amide bonds. The first kappa shape index (κ1) is 13.9. The number of rotatable bonds is 6. The van der Waals surface area contributed by atoms with Crippen molar-refractivity contribution in [3.05, 3.63) is 22.4 Å². The second-order valence-electron chi connectivity index (χ2n) is 4.50. The van der Waals surface area contributed by atoms with Gasteiger partial charge < -0.3 is 16.0 Å². The number of hydrogen-bond acceptors (Lipinski definition) is 3. The summed E-state index contributed by atoms with van der Waals surface area (Å²) < 4.78 is 0. The molecular weight excluding hydrogens is 260 g/mol. The van der Waals surface area contributed by atoms with Crippen LogP contribution in [0.1, 0.15) is 17.7 Å². The Kier molecular flexibility index (Phi) is 5.20. The van der Waals surface area contributed by atoms with Crippen LogP contribution in [0.15, 0.2) is 22.5 Å². The Labute approximate surface area is 117 Å². The van der Waals surface area contributed by atoms with Crippen molar-refractivity contribution >= 4 is 23.2 Å². The Morgan fingerprint density at radius 2 is 2.16 bits per heavy atom. The highest BCUT2D eigenvalue weighted by Gasteiger charge is 2.28. The smallest absolute Gasteiger partial charge is 0.223 e. The van der Waals surface area contributed by atoms with Gasteiger partial charge in [-0.05, 0) is 24.3 Å². The highest BCUT2D eigenvalue weighted by molar-refractivity contribution is 7.09. The molecular formula is C13H20N4OS. The number of amides is 1. The maximum Gasteiger partial charge on any atom is 0.223 e. The Bertz CT molecular complexity index is 426. The molecule has 0 atom stereocenters. The number of hydrogen-bond donors (Lipinski definition) is 3. The average Bonchev–Trinajstić information content (AvgIpc) is 3.15. The number of guanidine groups is 1. The van der Waals surface area contributed by atoms with Crippen molar-refractivity contribution in [2.24, 2.45) is 10.9 Å². The molecule has 1 aliphatic rings. The lowest BCUT2D eigenvalue weighted by Crippen LogP contribution is -2.41. The maximum absolute atomic E-state index is 11.4. The predicted molar refractivity (Wildman–Crippen MR) is 78.3 cm³/mol. The molecule has 0 unspecified atom stereocenters. The summed E-state index contributed by atoms with van der Waals surface area (Å²) >= 11 is 1.72. The van der Waals surface area contributed by atoms with Crippen molar-refractivity contribution in [2.75, 3.05) is 20.1 Å². The van der Waals surface area contributed by atoms with Crippen molar-refractivity contribution < 1.29 is 4.79 Å². The molecule has 0 spiro atoms. The Balaban J connectivity index is 1.58. The van der Waals surface area contributed by atoms with Gasteiger partial charge in [0.25, 0.3) is 0 Å². The van der Waals surface area contributed by atoms with Gasteiger partial charge in [-0.2, -0.15) is 0 Å². The van der Waals surface area contributed by atoms with Gasteiger partial charge in [-0.1, -0.05) is 6.07 Å². The van der Waals surface area contributed by atoms with E-state index < -0.39 is 0 Å². The molecule has 19 heavy (non-hydrogen) atoms. The summed E-state index contributed by atoms with van der Waals surface area (Å²) in [5, 5.41) is 11.4. The van der Waals surface area contributed by atoms with Crippen LogP contribution in [-0.2, 0) is 11.3 Å². The predicted octanol–water partition coefficient (Wildman–Crippen LogP) is 0.939. The van der Waals surface area contributed by atoms with Crippen LogP contribution in [0.5, 0.6) is 0 Å². The highest BCUT2D eigenvalue weighted by Crippen LogP contribution is 2.28. The fourth-order valence-corrected chi connectivity index (χ4v) is 2.31. The van der Waals surface area contributed by atoms with E-state index in [1.54, 1.807) is 18.4 Å². The summed E-state index contributed by atoms with van der Waals surface area (Å²) in [6, 6.07) is 4.12. The van der Waals surface area contributed by atoms with E-state index in [1.165, 1.54) is 4.88 Å². The minimum atomic E-state index is 0.184. The van der Waals surface area contributed by atoms with E-state index in [1.807, 2.05) is 6.07 Å². The van der Waals surface area contributed by atoms with Crippen molar-refractivity contribution in [1.82, 2.24) is 16.0 Å². The topological polar surface area (TPSA) is 65.5 Å². The molecule has 0 saturated heterocycles. The monoisotopic (exact) mass is 280 g/mol. The van der Waals surface area contributed by atoms with E-state index >= 15 is 0 Å². The van der Waals surface area contributed by atoms with E-state index in [0.29, 0.717) is 13.1 Å². The molecule has 0 radical (unpaired) electrons. The van der Waals surface area contributed by atoms with Crippen LogP contribution < -0.4 is 16.0 Å². The van der Waals surface area contributed by atoms with Gasteiger partial charge in [0.15, 0.2) is 5.96 Å². The summed E-state index contributed by atoms with van der Waals surface area (Å²) in [6.07, 6.45) is 2.09. The Morgan fingerprint density at radius 1 is 1.37 bits per heavy atom. The molecule has 1 aliphatic carbocycles. The minimum absolute atomic E-state index is 0.184. The zero-order valence-electron chi connectivity index (χ0n) is 11.1. The molecule has 1 saturated carbocycles. The van der Waals surface area contributed by atoms with E-state index in [4.69, 9.17) is 0 Å². The van der Waals surface area contributed by atoms with Gasteiger partial charge in [0.1, 0.15) is 0 Å². The molecule has 3 N–H and O–H groups in total. The van der Waals surface area contributed by atoms with Gasteiger partial charge in [-0.3, -0.25) is 9.79 Å². The summed E-state index contributed by atoms with van der Waals surface area (Å²) in [6.45, 7) is 2.09. The molecule has 0 bridgehead atoms. The third-order valence-corrected chi connectivity index (χ3v) is 3.77. The number of nitrogens with zero attached hydrogens (tertiary/aromatic N) is 1. The van der Waals surface area contributed by atoms with E-state index in [9.17, 15) is 4.79 Å². The molecule has 1 aromatic rings. The minimum Gasteiger partial charge on any atom is -0.355 e. The number of nitrogens with one attached hydrogen (secondary N) is 3. The number of thiophene rings is 1. The molecule has 1 aromatic heterocycles. The molecule has 0 aromatic carbocycles. The van der Waals surface area contributed by atoms with Crippen molar-refractivity contribution in [3.63, 3.8) is 0 Å². The van der Waals surface area contributed by atoms with E-state index in [-0.39, 0.29) is 11.8 Å². The van der Waals surface area contributed by atoms with Gasteiger partial charge in [0.05, 0.1) is 6.54 Å². The normalized spacial score (nSPS) is 15.1. The quantitative estimate of drug-likeness (QED) is 0.413. The van der Waals surface area contributed by atoms with Gasteiger partial charge in [-0.25, -0.2) is 0 Å². The van der Waals surface area contributed by atoms with Gasteiger partial charge in [-0.15, -0.1) is 11.3 Å². The van der Waals surface area contributed by atoms with Crippen LogP contribution in [0, 0.1) is 5.92 Å². The lowest BCUT2D eigenvalue weighted by atomic mass is 10.4. The lowest BCUT2D eigenvalue weighted by Gasteiger charge is -2.11. The Morgan fingerprint density at radius 3 is 2.79 bits per heavy atom. The summed E-state index contributed by atoms with van der Waals surface area (Å²) in [5.41, 5.74) is 0. The second-order valence-corrected chi connectivity index (χ2v) is 5.53. The summed E-state index contributed by atoms with van der Waals surface area (Å²) in [4.78, 5) is 16.8. The zero-order valence-corrected chi connectivity index (χ0v) is 11.9. The fraction of sp³-hybridized carbons (Fsp3) is 0.538. The number of aliphatic imine (C=N–C) groups is 1. The molecule has 2 rings (SSSR count). The first-order valence-corrected chi connectivity index (χ1v) is 7.42. The third-order valence-electron chi connectivity index (χ3n) is 2.90. The zero-order chi connectivity index (χ0) is 13.5. The van der Waals surface area contributed by atoms with Crippen LogP contribution in [0.25, 0.3) is 0 Å². The van der Waals surface area contributed by atoms with Gasteiger partial charge in [0.2, 0.25) is 5.91 Å². The highest BCUT2D eigenvalue weighted by atomic mass is 32.1. The average molecular weight is 280 g/mol. The van der Waals surface area contributed by atoms with Gasteiger partial charge >= 0.3 is 0 Å². The largest absolute Gasteiger partial charge is 0.355 e. The van der Waals surface area contributed by atoms with Crippen LogP contribution in [0.4, 0.5) is 0 Å². The number of carbonyl (C=O) groups excluding carboxylic acids is 1. The summed E-state index contributed by atoms with van der Waals surface area (Å²) in [5.74, 6) is 1.22. The third kappa shape index (κ3) is 4.90. The first-order chi connectivity index (χ1) is 9.29. The maximum atomic E-state index is 11.4. The van der Waals surface area contributed by atoms with Crippen molar-refractivity contribution in [1.29, 1.82) is 0 Å². The van der Waals surface area contributed by atoms with Crippen LogP contribution in [-0.4, -0.2) is 32.0 Å². The molecule has 1 fully saturated rings. The standard InChI is InChI=1S/C13H20N4OS/c1-14-13(17-9-11-3-2-8-19-11)16-7-6-15-12(18)10-4-5-10/h2-3,8,10H,4-7,9H2,1H3,(H,15,18)(H2,14,16,17). The second kappa shape index (κ2) is 7.13. The first-order valence-electron chi connectivity index (χ1n) is 6.54. The van der Waals surface area contributed by atoms with Crippen LogP contribution in [0.3, 0.4) is 0 Å². The van der Waals surface area contributed by atoms with Crippen LogP contribution >= 0.6 is 11.3 Å². The molecule has 0 aliphatic heterocycles. The lowest BCUT2D eigenvalue weighted by molar-refractivity contribution is -0.122. The molecule has 6 heteroatoms. The molecule has 1 heterocycles. The molecule has 104 valence electrons. The molecule has 5 nitrogen and oxygen atoms in total. The van der Waals surface area contributed by atoms with E-state index in [0.717, 1.165) is 25.3 Å². The summed E-state index contributed by atoms with van der Waals surface area (Å²) in [7, 11) is 1.74. The Hall–Kier alpha value is -1.56. The fourth-order valence-electron chi connectivity index (χ4n) is 1.66. The van der Waals surface area contributed by atoms with Crippen LogP contribution in [0.2, 0.25) is 0 Å². The SMILES string of the molecule is CN=C(NCCNC(=O)C1CC1)NCc1cccs1. The van der Waals surface area contributed by atoms with Crippen molar-refractivity contribution in [2.45, 2.75) is 19.4 Å². The van der Waals surface area contributed by atoms with E-state index in [2.05, 4.69) is 32.4 Å². The van der Waals surface area contributed by atoms with Crippen molar-refractivity contribution in [3.8, 4) is 0 Å². The number of carbonyl (C=O) groups is 1. The van der Waals surface area contributed by atoms with Gasteiger partial charge in [0, 0.05) is 30.9 Å².